The maximum Gasteiger partial charge on any atom is 0.146 e. The highest BCUT2D eigenvalue weighted by Crippen LogP contribution is 2.73. The van der Waals surface area contributed by atoms with Crippen LogP contribution in [0.4, 0.5) is 0 Å². The van der Waals surface area contributed by atoms with Crippen molar-refractivity contribution in [3.8, 4) is 6.07 Å². The standard InChI is InChI=1S/C20H27NO3/c1-18-6-3-4-13(18)12-5-7-20-17(24-20)16(23)11(10-21)8-19(20,2)15(12)14(22)9-18/h12-15,17,22-23H,3-9H2,1-2H3/t12-,13-,14?,15-,17?,18-,19+,20?/m0/s1. The van der Waals surface area contributed by atoms with Crippen LogP contribution in [0.2, 0.25) is 0 Å². The van der Waals surface area contributed by atoms with Gasteiger partial charge >= 0.3 is 0 Å². The maximum absolute atomic E-state index is 11.2. The first-order chi connectivity index (χ1) is 11.4. The van der Waals surface area contributed by atoms with Crippen LogP contribution in [0.3, 0.4) is 0 Å². The number of epoxide rings is 1. The average Bonchev–Trinajstić information content (AvgIpc) is 3.16. The maximum atomic E-state index is 11.2. The summed E-state index contributed by atoms with van der Waals surface area (Å²) in [5, 5.41) is 31.0. The number of aliphatic hydroxyl groups is 2. The van der Waals surface area contributed by atoms with Gasteiger partial charge in [-0.1, -0.05) is 20.3 Å². The fourth-order valence-corrected chi connectivity index (χ4v) is 7.67. The van der Waals surface area contributed by atoms with E-state index in [9.17, 15) is 15.5 Å². The van der Waals surface area contributed by atoms with E-state index >= 15 is 0 Å². The average molecular weight is 329 g/mol. The van der Waals surface area contributed by atoms with Crippen molar-refractivity contribution in [1.82, 2.24) is 0 Å². The summed E-state index contributed by atoms with van der Waals surface area (Å²) in [6, 6.07) is 2.20. The predicted octanol–water partition coefficient (Wildman–Crippen LogP) is 3.47. The first-order valence-corrected chi connectivity index (χ1v) is 9.54. The third-order valence-corrected chi connectivity index (χ3v) is 8.71. The van der Waals surface area contributed by atoms with Crippen molar-refractivity contribution in [2.45, 2.75) is 76.6 Å². The molecule has 3 unspecified atom stereocenters. The third kappa shape index (κ3) is 1.52. The molecule has 4 nitrogen and oxygen atoms in total. The van der Waals surface area contributed by atoms with Crippen molar-refractivity contribution in [3.05, 3.63) is 11.3 Å². The second-order valence-corrected chi connectivity index (χ2v) is 9.61. The van der Waals surface area contributed by atoms with Gasteiger partial charge < -0.3 is 14.9 Å². The number of rotatable bonds is 0. The summed E-state index contributed by atoms with van der Waals surface area (Å²) in [5.74, 6) is 1.57. The molecule has 4 aliphatic carbocycles. The molecule has 5 rings (SSSR count). The van der Waals surface area contributed by atoms with Crippen LogP contribution in [-0.2, 0) is 4.74 Å². The van der Waals surface area contributed by atoms with E-state index in [1.54, 1.807) is 0 Å². The van der Waals surface area contributed by atoms with Crippen molar-refractivity contribution >= 4 is 0 Å². The van der Waals surface area contributed by atoms with Crippen LogP contribution in [-0.4, -0.2) is 28.0 Å². The zero-order valence-electron chi connectivity index (χ0n) is 14.6. The molecule has 130 valence electrons. The number of fused-ring (bicyclic) bond motifs is 4. The predicted molar refractivity (Wildman–Crippen MR) is 87.9 cm³/mol. The lowest BCUT2D eigenvalue weighted by molar-refractivity contribution is -0.158. The Kier molecular flexibility index (Phi) is 2.77. The molecule has 8 atom stereocenters. The molecule has 0 aromatic heterocycles. The molecule has 3 saturated carbocycles. The van der Waals surface area contributed by atoms with Crippen LogP contribution in [0.25, 0.3) is 0 Å². The van der Waals surface area contributed by atoms with Gasteiger partial charge in [0.05, 0.1) is 17.7 Å². The van der Waals surface area contributed by atoms with Crippen molar-refractivity contribution in [2.75, 3.05) is 0 Å². The topological polar surface area (TPSA) is 76.8 Å². The van der Waals surface area contributed by atoms with Gasteiger partial charge in [-0.05, 0) is 61.7 Å². The number of allylic oxidation sites excluding steroid dienone is 1. The van der Waals surface area contributed by atoms with Gasteiger partial charge in [0.15, 0.2) is 0 Å². The van der Waals surface area contributed by atoms with Gasteiger partial charge in [0.1, 0.15) is 17.5 Å². The van der Waals surface area contributed by atoms with Gasteiger partial charge in [-0.15, -0.1) is 0 Å². The SMILES string of the molecule is C[C@@]12CCC[C@H]1[C@@H]1CCC34OC3C(O)=C(C#N)C[C@]4(C)[C@@H]1C(O)C2. The molecule has 5 aliphatic rings. The van der Waals surface area contributed by atoms with Crippen LogP contribution >= 0.6 is 0 Å². The summed E-state index contributed by atoms with van der Waals surface area (Å²) < 4.78 is 6.08. The molecule has 1 saturated heterocycles. The minimum atomic E-state index is -0.341. The summed E-state index contributed by atoms with van der Waals surface area (Å²) in [5.41, 5.74) is 0.187. The molecule has 1 spiro atoms. The normalized spacial score (nSPS) is 58.2. The van der Waals surface area contributed by atoms with E-state index in [0.717, 1.165) is 19.3 Å². The summed E-state index contributed by atoms with van der Waals surface area (Å²) in [7, 11) is 0. The molecule has 0 amide bonds. The van der Waals surface area contributed by atoms with Gasteiger partial charge in [-0.25, -0.2) is 0 Å². The van der Waals surface area contributed by atoms with E-state index in [2.05, 4.69) is 19.9 Å². The highest BCUT2D eigenvalue weighted by molar-refractivity contribution is 5.41. The molecule has 0 radical (unpaired) electrons. The van der Waals surface area contributed by atoms with E-state index < -0.39 is 0 Å². The Morgan fingerprint density at radius 2 is 2.04 bits per heavy atom. The number of hydrogen-bond donors (Lipinski definition) is 2. The number of ether oxygens (including phenoxy) is 1. The second-order valence-electron chi connectivity index (χ2n) is 9.61. The lowest BCUT2D eigenvalue weighted by atomic mass is 9.44. The van der Waals surface area contributed by atoms with E-state index in [-0.39, 0.29) is 40.3 Å². The lowest BCUT2D eigenvalue weighted by Crippen LogP contribution is -2.61. The number of nitrogens with zero attached hydrogens (tertiary/aromatic N) is 1. The second kappa shape index (κ2) is 4.37. The van der Waals surface area contributed by atoms with Gasteiger partial charge in [-0.3, -0.25) is 0 Å². The van der Waals surface area contributed by atoms with Crippen molar-refractivity contribution in [2.24, 2.45) is 28.6 Å². The first kappa shape index (κ1) is 15.2. The molecule has 1 heterocycles. The Bertz CT molecular complexity index is 681. The third-order valence-electron chi connectivity index (χ3n) is 8.71. The zero-order valence-corrected chi connectivity index (χ0v) is 14.6. The monoisotopic (exact) mass is 329 g/mol. The molecule has 0 aromatic carbocycles. The van der Waals surface area contributed by atoms with Crippen LogP contribution in [0.15, 0.2) is 11.3 Å². The zero-order chi connectivity index (χ0) is 16.9. The van der Waals surface area contributed by atoms with E-state index in [1.807, 2.05) is 0 Å². The van der Waals surface area contributed by atoms with Crippen LogP contribution < -0.4 is 0 Å². The molecule has 4 fully saturated rings. The highest BCUT2D eigenvalue weighted by atomic mass is 16.6. The summed E-state index contributed by atoms with van der Waals surface area (Å²) >= 11 is 0. The molecule has 4 heteroatoms. The molecule has 24 heavy (non-hydrogen) atoms. The quantitative estimate of drug-likeness (QED) is 0.667. The van der Waals surface area contributed by atoms with Crippen LogP contribution in [0, 0.1) is 39.9 Å². The smallest absolute Gasteiger partial charge is 0.146 e. The Morgan fingerprint density at radius 3 is 2.79 bits per heavy atom. The van der Waals surface area contributed by atoms with Gasteiger partial charge in [-0.2, -0.15) is 5.26 Å². The molecular weight excluding hydrogens is 302 g/mol. The van der Waals surface area contributed by atoms with Gasteiger partial charge in [0, 0.05) is 5.41 Å². The molecule has 0 bridgehead atoms. The Morgan fingerprint density at radius 1 is 1.25 bits per heavy atom. The molecule has 0 aromatic rings. The fraction of sp³-hybridized carbons (Fsp3) is 0.850. The van der Waals surface area contributed by atoms with Crippen LogP contribution in [0.1, 0.15) is 58.8 Å². The first-order valence-electron chi connectivity index (χ1n) is 9.54. The molecule has 2 N–H and O–H groups in total. The minimum absolute atomic E-state index is 0.157. The Labute approximate surface area is 143 Å². The summed E-state index contributed by atoms with van der Waals surface area (Å²) in [4.78, 5) is 0. The lowest BCUT2D eigenvalue weighted by Gasteiger charge is -2.60. The van der Waals surface area contributed by atoms with Gasteiger partial charge in [0.25, 0.3) is 0 Å². The van der Waals surface area contributed by atoms with E-state index in [0.29, 0.717) is 23.8 Å². The number of nitriles is 1. The Hall–Kier alpha value is -1.05. The number of hydrogen-bond acceptors (Lipinski definition) is 4. The largest absolute Gasteiger partial charge is 0.508 e. The fourth-order valence-electron chi connectivity index (χ4n) is 7.67. The molecule has 1 aliphatic heterocycles. The van der Waals surface area contributed by atoms with Crippen LogP contribution in [0.5, 0.6) is 0 Å². The number of aliphatic hydroxyl groups excluding tert-OH is 2. The summed E-state index contributed by atoms with van der Waals surface area (Å²) in [6.45, 7) is 4.59. The molecular formula is C20H27NO3. The van der Waals surface area contributed by atoms with Crippen molar-refractivity contribution in [1.29, 1.82) is 5.26 Å². The van der Waals surface area contributed by atoms with Crippen molar-refractivity contribution in [3.63, 3.8) is 0 Å². The summed E-state index contributed by atoms with van der Waals surface area (Å²) in [6.07, 6.45) is 6.65. The van der Waals surface area contributed by atoms with E-state index in [4.69, 9.17) is 4.74 Å². The van der Waals surface area contributed by atoms with Crippen molar-refractivity contribution < 1.29 is 14.9 Å². The van der Waals surface area contributed by atoms with Gasteiger partial charge in [0.2, 0.25) is 0 Å². The highest BCUT2D eigenvalue weighted by Gasteiger charge is 2.77. The Balaban J connectivity index is 1.59. The minimum Gasteiger partial charge on any atom is -0.508 e. The van der Waals surface area contributed by atoms with E-state index in [1.165, 1.54) is 19.3 Å².